The second kappa shape index (κ2) is 5.63. The standard InChI is InChI=1S/C12H12BrN3O/c13-11-5-7-15-12(16-11)6-8-14-9-3-1-2-4-10(9)17/h1-5,7,14,17H,6,8H2. The van der Waals surface area contributed by atoms with E-state index in [9.17, 15) is 5.11 Å². The van der Waals surface area contributed by atoms with Crippen molar-refractivity contribution in [3.8, 4) is 5.75 Å². The molecule has 1 aromatic heterocycles. The molecular weight excluding hydrogens is 282 g/mol. The predicted octanol–water partition coefficient (Wildman–Crippen LogP) is 2.60. The SMILES string of the molecule is Oc1ccccc1NCCc1nccc(Br)n1. The van der Waals surface area contributed by atoms with Crippen LogP contribution in [0.15, 0.2) is 41.1 Å². The van der Waals surface area contributed by atoms with Gasteiger partial charge in [-0.2, -0.15) is 0 Å². The molecule has 5 heteroatoms. The first-order valence-electron chi connectivity index (χ1n) is 5.25. The van der Waals surface area contributed by atoms with Crippen LogP contribution in [0.1, 0.15) is 5.82 Å². The number of rotatable bonds is 4. The van der Waals surface area contributed by atoms with E-state index in [2.05, 4.69) is 31.2 Å². The van der Waals surface area contributed by atoms with Crippen LogP contribution < -0.4 is 5.32 Å². The molecule has 0 radical (unpaired) electrons. The number of phenolic OH excluding ortho intramolecular Hbond substituents is 1. The van der Waals surface area contributed by atoms with E-state index in [-0.39, 0.29) is 5.75 Å². The Morgan fingerprint density at radius 3 is 2.82 bits per heavy atom. The molecule has 88 valence electrons. The van der Waals surface area contributed by atoms with Gasteiger partial charge in [-0.25, -0.2) is 9.97 Å². The second-order valence-electron chi connectivity index (χ2n) is 3.49. The van der Waals surface area contributed by atoms with Gasteiger partial charge in [0.05, 0.1) is 5.69 Å². The average Bonchev–Trinajstić information content (AvgIpc) is 2.32. The average molecular weight is 294 g/mol. The zero-order chi connectivity index (χ0) is 12.1. The van der Waals surface area contributed by atoms with Crippen LogP contribution in [-0.2, 0) is 6.42 Å². The lowest BCUT2D eigenvalue weighted by molar-refractivity contribution is 0.477. The van der Waals surface area contributed by atoms with Crippen LogP contribution in [0.25, 0.3) is 0 Å². The number of phenols is 1. The fourth-order valence-electron chi connectivity index (χ4n) is 1.43. The quantitative estimate of drug-likeness (QED) is 0.672. The molecule has 4 nitrogen and oxygen atoms in total. The Kier molecular flexibility index (Phi) is 3.93. The molecule has 0 aliphatic rings. The number of anilines is 1. The monoisotopic (exact) mass is 293 g/mol. The zero-order valence-electron chi connectivity index (χ0n) is 9.10. The van der Waals surface area contributed by atoms with Gasteiger partial charge in [-0.15, -0.1) is 0 Å². The van der Waals surface area contributed by atoms with E-state index < -0.39 is 0 Å². The molecule has 0 saturated carbocycles. The van der Waals surface area contributed by atoms with E-state index >= 15 is 0 Å². The summed E-state index contributed by atoms with van der Waals surface area (Å²) in [4.78, 5) is 8.38. The number of para-hydroxylation sites is 2. The summed E-state index contributed by atoms with van der Waals surface area (Å²) in [5.41, 5.74) is 0.725. The van der Waals surface area contributed by atoms with E-state index in [1.807, 2.05) is 12.1 Å². The van der Waals surface area contributed by atoms with Gasteiger partial charge in [0.1, 0.15) is 16.2 Å². The van der Waals surface area contributed by atoms with E-state index in [4.69, 9.17) is 0 Å². The molecule has 0 atom stereocenters. The first-order chi connectivity index (χ1) is 8.25. The number of hydrogen-bond acceptors (Lipinski definition) is 4. The summed E-state index contributed by atoms with van der Waals surface area (Å²) in [6, 6.07) is 8.94. The van der Waals surface area contributed by atoms with Crippen LogP contribution in [-0.4, -0.2) is 21.6 Å². The van der Waals surface area contributed by atoms with Crippen LogP contribution in [0, 0.1) is 0 Å². The molecule has 2 N–H and O–H groups in total. The molecule has 1 aromatic carbocycles. The van der Waals surface area contributed by atoms with Crippen molar-refractivity contribution in [2.75, 3.05) is 11.9 Å². The maximum atomic E-state index is 9.55. The number of nitrogens with zero attached hydrogens (tertiary/aromatic N) is 2. The molecule has 0 spiro atoms. The summed E-state index contributed by atoms with van der Waals surface area (Å²) in [7, 11) is 0. The van der Waals surface area contributed by atoms with Gasteiger partial charge in [0, 0.05) is 19.2 Å². The van der Waals surface area contributed by atoms with Crippen molar-refractivity contribution in [2.24, 2.45) is 0 Å². The topological polar surface area (TPSA) is 58.0 Å². The van der Waals surface area contributed by atoms with E-state index in [1.54, 1.807) is 24.4 Å². The van der Waals surface area contributed by atoms with Gasteiger partial charge in [0.15, 0.2) is 0 Å². The highest BCUT2D eigenvalue weighted by molar-refractivity contribution is 9.10. The highest BCUT2D eigenvalue weighted by Gasteiger charge is 2.00. The normalized spacial score (nSPS) is 10.2. The molecule has 0 aliphatic heterocycles. The Morgan fingerprint density at radius 2 is 2.06 bits per heavy atom. The second-order valence-corrected chi connectivity index (χ2v) is 4.30. The lowest BCUT2D eigenvalue weighted by Gasteiger charge is -2.07. The van der Waals surface area contributed by atoms with E-state index in [0.29, 0.717) is 13.0 Å². The van der Waals surface area contributed by atoms with E-state index in [0.717, 1.165) is 16.1 Å². The van der Waals surface area contributed by atoms with Crippen molar-refractivity contribution < 1.29 is 5.11 Å². The molecule has 17 heavy (non-hydrogen) atoms. The summed E-state index contributed by atoms with van der Waals surface area (Å²) in [5.74, 6) is 1.02. The van der Waals surface area contributed by atoms with Gasteiger partial charge >= 0.3 is 0 Å². The molecule has 1 heterocycles. The van der Waals surface area contributed by atoms with Crippen molar-refractivity contribution >= 4 is 21.6 Å². The maximum absolute atomic E-state index is 9.55. The summed E-state index contributed by atoms with van der Waals surface area (Å²) in [6.45, 7) is 0.675. The van der Waals surface area contributed by atoms with Crippen LogP contribution in [0.2, 0.25) is 0 Å². The Labute approximate surface area is 108 Å². The van der Waals surface area contributed by atoms with Crippen molar-refractivity contribution in [2.45, 2.75) is 6.42 Å². The fraction of sp³-hybridized carbons (Fsp3) is 0.167. The third-order valence-electron chi connectivity index (χ3n) is 2.24. The summed E-state index contributed by atoms with van der Waals surface area (Å²) in [6.07, 6.45) is 2.42. The molecule has 0 amide bonds. The van der Waals surface area contributed by atoms with Gasteiger partial charge in [-0.05, 0) is 34.1 Å². The first-order valence-corrected chi connectivity index (χ1v) is 6.04. The number of hydrogen-bond donors (Lipinski definition) is 2. The number of benzene rings is 1. The Bertz CT molecular complexity index is 505. The van der Waals surface area contributed by atoms with Gasteiger partial charge in [0.25, 0.3) is 0 Å². The molecular formula is C12H12BrN3O. The molecule has 0 fully saturated rings. The number of nitrogens with one attached hydrogen (secondary N) is 1. The maximum Gasteiger partial charge on any atom is 0.138 e. The highest BCUT2D eigenvalue weighted by atomic mass is 79.9. The molecule has 0 aliphatic carbocycles. The van der Waals surface area contributed by atoms with Crippen molar-refractivity contribution in [3.63, 3.8) is 0 Å². The summed E-state index contributed by atoms with van der Waals surface area (Å²) >= 11 is 3.30. The summed E-state index contributed by atoms with van der Waals surface area (Å²) < 4.78 is 0.782. The molecule has 2 rings (SSSR count). The Balaban J connectivity index is 1.90. The van der Waals surface area contributed by atoms with Crippen LogP contribution in [0.5, 0.6) is 5.75 Å². The Hall–Kier alpha value is -1.62. The number of aromatic nitrogens is 2. The number of halogens is 1. The predicted molar refractivity (Wildman–Crippen MR) is 70.0 cm³/mol. The van der Waals surface area contributed by atoms with Gasteiger partial charge < -0.3 is 10.4 Å². The first kappa shape index (κ1) is 11.9. The zero-order valence-corrected chi connectivity index (χ0v) is 10.7. The van der Waals surface area contributed by atoms with E-state index in [1.165, 1.54) is 0 Å². The fourth-order valence-corrected chi connectivity index (χ4v) is 1.75. The third-order valence-corrected chi connectivity index (χ3v) is 2.68. The minimum absolute atomic E-state index is 0.252. The summed E-state index contributed by atoms with van der Waals surface area (Å²) in [5, 5.41) is 12.7. The third kappa shape index (κ3) is 3.42. The largest absolute Gasteiger partial charge is 0.506 e. The minimum Gasteiger partial charge on any atom is -0.506 e. The molecule has 0 saturated heterocycles. The molecule has 2 aromatic rings. The highest BCUT2D eigenvalue weighted by Crippen LogP contribution is 2.21. The van der Waals surface area contributed by atoms with Crippen molar-refractivity contribution in [1.82, 2.24) is 9.97 Å². The van der Waals surface area contributed by atoms with Crippen molar-refractivity contribution in [1.29, 1.82) is 0 Å². The Morgan fingerprint density at radius 1 is 1.24 bits per heavy atom. The number of aromatic hydroxyl groups is 1. The lowest BCUT2D eigenvalue weighted by Crippen LogP contribution is -2.07. The van der Waals surface area contributed by atoms with Gasteiger partial charge in [-0.3, -0.25) is 0 Å². The van der Waals surface area contributed by atoms with Crippen LogP contribution in [0.3, 0.4) is 0 Å². The molecule has 0 unspecified atom stereocenters. The van der Waals surface area contributed by atoms with Crippen LogP contribution >= 0.6 is 15.9 Å². The smallest absolute Gasteiger partial charge is 0.138 e. The van der Waals surface area contributed by atoms with Gasteiger partial charge in [0.2, 0.25) is 0 Å². The lowest BCUT2D eigenvalue weighted by atomic mass is 10.3. The van der Waals surface area contributed by atoms with Gasteiger partial charge in [-0.1, -0.05) is 12.1 Å². The minimum atomic E-state index is 0.252. The van der Waals surface area contributed by atoms with Crippen LogP contribution in [0.4, 0.5) is 5.69 Å². The molecule has 0 bridgehead atoms. The van der Waals surface area contributed by atoms with Crippen molar-refractivity contribution in [3.05, 3.63) is 47.0 Å².